The van der Waals surface area contributed by atoms with Crippen LogP contribution in [0, 0.1) is 17.8 Å². The minimum absolute atomic E-state index is 0.427. The molecule has 3 atom stereocenters. The topological polar surface area (TPSA) is 17.1 Å². The van der Waals surface area contributed by atoms with E-state index in [1.54, 1.807) is 0 Å². The molecule has 0 amide bonds. The highest BCUT2D eigenvalue weighted by Crippen LogP contribution is 2.44. The first-order valence-electron chi connectivity index (χ1n) is 6.03. The number of aldehydes is 1. The molecule has 0 aromatic carbocycles. The van der Waals surface area contributed by atoms with Gasteiger partial charge in [-0.25, -0.2) is 0 Å². The number of rotatable bonds is 2. The van der Waals surface area contributed by atoms with E-state index in [1.807, 2.05) is 0 Å². The van der Waals surface area contributed by atoms with E-state index in [4.69, 9.17) is 0 Å². The molecule has 0 heterocycles. The van der Waals surface area contributed by atoms with Gasteiger partial charge < -0.3 is 0 Å². The lowest BCUT2D eigenvalue weighted by Crippen LogP contribution is -2.30. The third kappa shape index (κ3) is 2.06. The van der Waals surface area contributed by atoms with Gasteiger partial charge in [-0.15, -0.1) is 0 Å². The molecule has 2 aliphatic carbocycles. The Hall–Kier alpha value is -0.850. The summed E-state index contributed by atoms with van der Waals surface area (Å²) < 4.78 is 0. The predicted molar refractivity (Wildman–Crippen MR) is 62.5 cm³/mol. The number of carbonyl (C=O) groups excluding carboxylic acids is 1. The Morgan fingerprint density at radius 3 is 3.00 bits per heavy atom. The number of carbonyl (C=O) groups is 1. The van der Waals surface area contributed by atoms with Crippen molar-refractivity contribution < 1.29 is 4.79 Å². The van der Waals surface area contributed by atoms with Crippen molar-refractivity contribution in [2.75, 3.05) is 0 Å². The van der Waals surface area contributed by atoms with E-state index < -0.39 is 0 Å². The van der Waals surface area contributed by atoms with Gasteiger partial charge in [0, 0.05) is 0 Å². The molecule has 0 N–H and O–H groups in total. The van der Waals surface area contributed by atoms with E-state index in [0.29, 0.717) is 11.8 Å². The average Bonchev–Trinajstić information content (AvgIpc) is 2.27. The van der Waals surface area contributed by atoms with Gasteiger partial charge >= 0.3 is 0 Å². The third-order valence-electron chi connectivity index (χ3n) is 4.11. The second kappa shape index (κ2) is 4.34. The summed E-state index contributed by atoms with van der Waals surface area (Å²) in [5, 5.41) is 0. The zero-order valence-corrected chi connectivity index (χ0v) is 9.54. The highest BCUT2D eigenvalue weighted by atomic mass is 16.1. The summed E-state index contributed by atoms with van der Waals surface area (Å²) in [6.07, 6.45) is 9.71. The van der Waals surface area contributed by atoms with E-state index in [9.17, 15) is 4.79 Å². The first kappa shape index (κ1) is 10.7. The Morgan fingerprint density at radius 2 is 2.27 bits per heavy atom. The van der Waals surface area contributed by atoms with Crippen molar-refractivity contribution in [1.82, 2.24) is 0 Å². The summed E-state index contributed by atoms with van der Waals surface area (Å²) in [7, 11) is 0. The van der Waals surface area contributed by atoms with Crippen LogP contribution >= 0.6 is 0 Å². The normalized spacial score (nSPS) is 35.3. The molecule has 15 heavy (non-hydrogen) atoms. The van der Waals surface area contributed by atoms with Crippen molar-refractivity contribution in [1.29, 1.82) is 0 Å². The fourth-order valence-electron chi connectivity index (χ4n) is 3.25. The fourth-order valence-corrected chi connectivity index (χ4v) is 3.25. The molecule has 0 saturated heterocycles. The van der Waals surface area contributed by atoms with Gasteiger partial charge in [0.1, 0.15) is 6.29 Å². The molecule has 0 radical (unpaired) electrons. The van der Waals surface area contributed by atoms with Crippen LogP contribution in [0.3, 0.4) is 0 Å². The van der Waals surface area contributed by atoms with Gasteiger partial charge in [-0.2, -0.15) is 0 Å². The maximum Gasteiger partial charge on any atom is 0.145 e. The van der Waals surface area contributed by atoms with Gasteiger partial charge in [-0.1, -0.05) is 24.6 Å². The summed E-state index contributed by atoms with van der Waals surface area (Å²) in [6, 6.07) is 0. The summed E-state index contributed by atoms with van der Waals surface area (Å²) >= 11 is 0. The minimum atomic E-state index is 0.427. The lowest BCUT2D eigenvalue weighted by Gasteiger charge is -2.39. The first-order valence-corrected chi connectivity index (χ1v) is 6.03. The molecule has 0 aromatic rings. The molecule has 0 aromatic heterocycles. The number of hydrogen-bond acceptors (Lipinski definition) is 1. The van der Waals surface area contributed by atoms with Crippen molar-refractivity contribution in [3.05, 3.63) is 23.8 Å². The molecular weight excluding hydrogens is 184 g/mol. The van der Waals surface area contributed by atoms with Crippen LogP contribution in [0.15, 0.2) is 23.8 Å². The van der Waals surface area contributed by atoms with Gasteiger partial charge in [-0.05, 0) is 55.9 Å². The minimum Gasteiger partial charge on any atom is -0.298 e. The van der Waals surface area contributed by atoms with E-state index in [1.165, 1.54) is 31.3 Å². The lowest BCUT2D eigenvalue weighted by atomic mass is 9.65. The Bertz CT molecular complexity index is 300. The van der Waals surface area contributed by atoms with Gasteiger partial charge in [0.05, 0.1) is 0 Å². The summed E-state index contributed by atoms with van der Waals surface area (Å²) in [6.45, 7) is 6.13. The van der Waals surface area contributed by atoms with Crippen LogP contribution in [-0.4, -0.2) is 6.29 Å². The molecule has 0 bridgehead atoms. The van der Waals surface area contributed by atoms with Crippen LogP contribution in [0.4, 0.5) is 0 Å². The molecule has 2 aliphatic rings. The van der Waals surface area contributed by atoms with Crippen LogP contribution in [0.5, 0.6) is 0 Å². The largest absolute Gasteiger partial charge is 0.298 e. The van der Waals surface area contributed by atoms with Crippen molar-refractivity contribution in [3.8, 4) is 0 Å². The number of fused-ring (bicyclic) bond motifs is 1. The quantitative estimate of drug-likeness (QED) is 0.382. The predicted octanol–water partition coefficient (Wildman–Crippen LogP) is 3.51. The van der Waals surface area contributed by atoms with Gasteiger partial charge in [0.15, 0.2) is 0 Å². The van der Waals surface area contributed by atoms with Crippen LogP contribution < -0.4 is 0 Å². The lowest BCUT2D eigenvalue weighted by molar-refractivity contribution is -0.105. The van der Waals surface area contributed by atoms with Gasteiger partial charge in [0.2, 0.25) is 0 Å². The maximum atomic E-state index is 10.8. The fraction of sp³-hybridized carbons (Fsp3) is 0.643. The molecule has 2 rings (SSSR count). The van der Waals surface area contributed by atoms with Crippen LogP contribution in [0.25, 0.3) is 0 Å². The second-order valence-corrected chi connectivity index (χ2v) is 5.12. The van der Waals surface area contributed by atoms with Crippen LogP contribution in [0.2, 0.25) is 0 Å². The van der Waals surface area contributed by atoms with Crippen molar-refractivity contribution in [2.45, 2.75) is 39.0 Å². The van der Waals surface area contributed by atoms with E-state index in [-0.39, 0.29) is 0 Å². The molecule has 2 unspecified atom stereocenters. The van der Waals surface area contributed by atoms with Gasteiger partial charge in [-0.3, -0.25) is 4.79 Å². The van der Waals surface area contributed by atoms with Crippen molar-refractivity contribution in [3.63, 3.8) is 0 Å². The Kier molecular flexibility index (Phi) is 3.08. The Balaban J connectivity index is 2.20. The van der Waals surface area contributed by atoms with E-state index in [0.717, 1.165) is 24.2 Å². The molecule has 1 fully saturated rings. The molecule has 1 heteroatoms. The summed E-state index contributed by atoms with van der Waals surface area (Å²) in [5.74, 6) is 1.84. The van der Waals surface area contributed by atoms with Gasteiger partial charge in [0.25, 0.3) is 0 Å². The standard InChI is InChI=1S/C14H20O/c1-10-6-7-12-4-3-5-13(11(2)9-15)14(12)8-10/h8-9,12-14H,2-7H2,1H3/t12?,13-,14?/m0/s1. The van der Waals surface area contributed by atoms with Crippen molar-refractivity contribution >= 4 is 6.29 Å². The molecule has 1 nitrogen and oxygen atoms in total. The zero-order valence-electron chi connectivity index (χ0n) is 9.54. The highest BCUT2D eigenvalue weighted by molar-refractivity contribution is 5.73. The van der Waals surface area contributed by atoms with E-state index >= 15 is 0 Å². The smallest absolute Gasteiger partial charge is 0.145 e. The second-order valence-electron chi connectivity index (χ2n) is 5.12. The van der Waals surface area contributed by atoms with Crippen LogP contribution in [0.1, 0.15) is 39.0 Å². The number of hydrogen-bond donors (Lipinski definition) is 0. The number of allylic oxidation sites excluding steroid dienone is 3. The molecule has 0 spiro atoms. The molecular formula is C14H20O. The third-order valence-corrected chi connectivity index (χ3v) is 4.11. The molecule has 82 valence electrons. The van der Waals surface area contributed by atoms with Crippen LogP contribution in [-0.2, 0) is 4.79 Å². The average molecular weight is 204 g/mol. The van der Waals surface area contributed by atoms with Crippen molar-refractivity contribution in [2.24, 2.45) is 17.8 Å². The molecule has 0 aliphatic heterocycles. The Labute approximate surface area is 92.3 Å². The maximum absolute atomic E-state index is 10.8. The highest BCUT2D eigenvalue weighted by Gasteiger charge is 2.34. The monoisotopic (exact) mass is 204 g/mol. The summed E-state index contributed by atoms with van der Waals surface area (Å²) in [4.78, 5) is 10.8. The Morgan fingerprint density at radius 1 is 1.47 bits per heavy atom. The molecule has 1 saturated carbocycles. The zero-order chi connectivity index (χ0) is 10.8. The van der Waals surface area contributed by atoms with E-state index in [2.05, 4.69) is 19.6 Å². The first-order chi connectivity index (χ1) is 7.22. The SMILES string of the molecule is C=C(C=O)[C@@H]1CCCC2CCC(C)=CC21. The summed E-state index contributed by atoms with van der Waals surface area (Å²) in [5.41, 5.74) is 2.32.